The topological polar surface area (TPSA) is 90.4 Å². The fourth-order valence-corrected chi connectivity index (χ4v) is 2.53. The van der Waals surface area contributed by atoms with E-state index in [2.05, 4.69) is 20.7 Å². The molecule has 3 rings (SSSR count). The summed E-state index contributed by atoms with van der Waals surface area (Å²) in [5, 5.41) is 20.9. The molecule has 3 aromatic rings. The van der Waals surface area contributed by atoms with Gasteiger partial charge in [-0.1, -0.05) is 42.5 Å². The molecule has 1 heterocycles. The molecule has 1 amide bonds. The van der Waals surface area contributed by atoms with E-state index in [9.17, 15) is 9.90 Å². The minimum Gasteiger partial charge on any atom is -0.507 e. The Morgan fingerprint density at radius 3 is 2.52 bits per heavy atom. The van der Waals surface area contributed by atoms with Gasteiger partial charge in [-0.15, -0.1) is 0 Å². The summed E-state index contributed by atoms with van der Waals surface area (Å²) in [4.78, 5) is 12.4. The number of phenolic OH excluding ortho intramolecular Hbond substituents is 1. The number of aromatic hydroxyl groups is 1. The lowest BCUT2D eigenvalue weighted by molar-refractivity contribution is 0.0949. The van der Waals surface area contributed by atoms with Crippen LogP contribution in [0.3, 0.4) is 0 Å². The van der Waals surface area contributed by atoms with Gasteiger partial charge < -0.3 is 5.11 Å². The highest BCUT2D eigenvalue weighted by molar-refractivity contribution is 6.02. The molecule has 0 saturated carbocycles. The summed E-state index contributed by atoms with van der Waals surface area (Å²) < 4.78 is 0. The number of hydrogen-bond donors (Lipinski definition) is 3. The zero-order valence-corrected chi connectivity index (χ0v) is 13.9. The van der Waals surface area contributed by atoms with Gasteiger partial charge in [-0.05, 0) is 26.0 Å². The van der Waals surface area contributed by atoms with E-state index in [0.717, 1.165) is 16.8 Å². The monoisotopic (exact) mass is 334 g/mol. The molecule has 0 unspecified atom stereocenters. The number of nitrogens with zero attached hydrogens (tertiary/aromatic N) is 2. The fourth-order valence-electron chi connectivity index (χ4n) is 2.53. The Bertz CT molecular complexity index is 930. The number of hydrogen-bond acceptors (Lipinski definition) is 4. The molecule has 0 aliphatic heterocycles. The van der Waals surface area contributed by atoms with Crippen molar-refractivity contribution >= 4 is 11.6 Å². The molecule has 3 N–H and O–H groups in total. The van der Waals surface area contributed by atoms with E-state index < -0.39 is 0 Å². The summed E-state index contributed by atoms with van der Waals surface area (Å²) in [6.45, 7) is 3.55. The van der Waals surface area contributed by atoms with Crippen LogP contribution in [0.5, 0.6) is 5.75 Å². The molecule has 0 radical (unpaired) electrons. The standard InChI is InChI=1S/C19H18N4O2/c1-12-17(14-8-4-3-5-9-14)21-22-18(12)19(25)23-20-13(2)15-10-6-7-11-16(15)24/h3-11,24H,1-2H3,(H,21,22)(H,23,25). The van der Waals surface area contributed by atoms with Crippen molar-refractivity contribution in [2.24, 2.45) is 5.10 Å². The van der Waals surface area contributed by atoms with Gasteiger partial charge in [0, 0.05) is 16.7 Å². The van der Waals surface area contributed by atoms with Gasteiger partial charge in [0.05, 0.1) is 11.4 Å². The molecule has 0 saturated heterocycles. The lowest BCUT2D eigenvalue weighted by Crippen LogP contribution is -2.20. The maximum Gasteiger partial charge on any atom is 0.289 e. The Morgan fingerprint density at radius 1 is 1.12 bits per heavy atom. The summed E-state index contributed by atoms with van der Waals surface area (Å²) in [6.07, 6.45) is 0. The lowest BCUT2D eigenvalue weighted by atomic mass is 10.1. The first kappa shape index (κ1) is 16.4. The Kier molecular flexibility index (Phi) is 4.61. The van der Waals surface area contributed by atoms with Crippen LogP contribution in [-0.2, 0) is 0 Å². The predicted octanol–water partition coefficient (Wildman–Crippen LogP) is 3.24. The number of benzene rings is 2. The molecule has 0 aliphatic rings. The SMILES string of the molecule is CC(=NNC(=O)c1[nH]nc(-c2ccccc2)c1C)c1ccccc1O. The lowest BCUT2D eigenvalue weighted by Gasteiger charge is -2.04. The molecule has 25 heavy (non-hydrogen) atoms. The van der Waals surface area contributed by atoms with Crippen LogP contribution in [0.2, 0.25) is 0 Å². The number of carbonyl (C=O) groups excluding carboxylic acids is 1. The van der Waals surface area contributed by atoms with E-state index in [-0.39, 0.29) is 11.7 Å². The number of H-pyrrole nitrogens is 1. The smallest absolute Gasteiger partial charge is 0.289 e. The average Bonchev–Trinajstić information content (AvgIpc) is 3.02. The number of hydrazone groups is 1. The minimum atomic E-state index is -0.387. The van der Waals surface area contributed by atoms with E-state index >= 15 is 0 Å². The number of carbonyl (C=O) groups is 1. The van der Waals surface area contributed by atoms with Gasteiger partial charge in [0.1, 0.15) is 11.4 Å². The van der Waals surface area contributed by atoms with Crippen LogP contribution in [0.25, 0.3) is 11.3 Å². The quantitative estimate of drug-likeness (QED) is 0.505. The van der Waals surface area contributed by atoms with Crippen molar-refractivity contribution in [3.05, 3.63) is 71.4 Å². The van der Waals surface area contributed by atoms with Crippen LogP contribution in [0, 0.1) is 6.92 Å². The summed E-state index contributed by atoms with van der Waals surface area (Å²) in [6, 6.07) is 16.5. The maximum atomic E-state index is 12.4. The summed E-state index contributed by atoms with van der Waals surface area (Å²) in [5.74, 6) is -0.274. The van der Waals surface area contributed by atoms with Crippen molar-refractivity contribution in [2.75, 3.05) is 0 Å². The molecule has 0 spiro atoms. The van der Waals surface area contributed by atoms with Crippen molar-refractivity contribution in [1.29, 1.82) is 0 Å². The summed E-state index contributed by atoms with van der Waals surface area (Å²) in [5.41, 5.74) is 6.33. The van der Waals surface area contributed by atoms with Crippen molar-refractivity contribution in [3.63, 3.8) is 0 Å². The molecule has 0 bridgehead atoms. The second kappa shape index (κ2) is 7.00. The zero-order chi connectivity index (χ0) is 17.8. The average molecular weight is 334 g/mol. The van der Waals surface area contributed by atoms with Crippen molar-refractivity contribution < 1.29 is 9.90 Å². The van der Waals surface area contributed by atoms with E-state index in [1.165, 1.54) is 0 Å². The van der Waals surface area contributed by atoms with Crippen LogP contribution in [0.1, 0.15) is 28.5 Å². The number of aromatic amines is 1. The summed E-state index contributed by atoms with van der Waals surface area (Å²) in [7, 11) is 0. The molecule has 1 aromatic heterocycles. The van der Waals surface area contributed by atoms with Crippen LogP contribution in [-0.4, -0.2) is 26.9 Å². The van der Waals surface area contributed by atoms with Crippen molar-refractivity contribution in [2.45, 2.75) is 13.8 Å². The van der Waals surface area contributed by atoms with Gasteiger partial charge in [-0.3, -0.25) is 9.89 Å². The fraction of sp³-hybridized carbons (Fsp3) is 0.105. The van der Waals surface area contributed by atoms with Crippen LogP contribution < -0.4 is 5.43 Å². The molecule has 0 aliphatic carbocycles. The zero-order valence-electron chi connectivity index (χ0n) is 13.9. The third-order valence-electron chi connectivity index (χ3n) is 3.90. The molecule has 6 heteroatoms. The van der Waals surface area contributed by atoms with Gasteiger partial charge in [0.15, 0.2) is 0 Å². The first-order chi connectivity index (χ1) is 12.1. The predicted molar refractivity (Wildman–Crippen MR) is 96.5 cm³/mol. The van der Waals surface area contributed by atoms with E-state index in [4.69, 9.17) is 0 Å². The van der Waals surface area contributed by atoms with Gasteiger partial charge in [-0.25, -0.2) is 5.43 Å². The molecular weight excluding hydrogens is 316 g/mol. The molecular formula is C19H18N4O2. The number of phenols is 1. The summed E-state index contributed by atoms with van der Waals surface area (Å²) >= 11 is 0. The number of aromatic nitrogens is 2. The van der Waals surface area contributed by atoms with Crippen LogP contribution in [0.4, 0.5) is 0 Å². The maximum absolute atomic E-state index is 12.4. The Balaban J connectivity index is 1.80. The Labute approximate surface area is 145 Å². The number of para-hydroxylation sites is 1. The van der Waals surface area contributed by atoms with E-state index in [1.807, 2.05) is 37.3 Å². The van der Waals surface area contributed by atoms with Crippen LogP contribution >= 0.6 is 0 Å². The second-order valence-electron chi connectivity index (χ2n) is 5.59. The van der Waals surface area contributed by atoms with Crippen molar-refractivity contribution in [3.8, 4) is 17.0 Å². The van der Waals surface area contributed by atoms with Gasteiger partial charge in [0.25, 0.3) is 5.91 Å². The third-order valence-corrected chi connectivity index (χ3v) is 3.90. The van der Waals surface area contributed by atoms with Gasteiger partial charge in [-0.2, -0.15) is 10.2 Å². The first-order valence-corrected chi connectivity index (χ1v) is 7.81. The highest BCUT2D eigenvalue weighted by Gasteiger charge is 2.16. The Morgan fingerprint density at radius 2 is 1.80 bits per heavy atom. The minimum absolute atomic E-state index is 0.113. The van der Waals surface area contributed by atoms with Crippen LogP contribution in [0.15, 0.2) is 59.7 Å². The molecule has 0 atom stereocenters. The number of nitrogens with one attached hydrogen (secondary N) is 2. The third kappa shape index (κ3) is 3.42. The van der Waals surface area contributed by atoms with Gasteiger partial charge >= 0.3 is 0 Å². The molecule has 126 valence electrons. The van der Waals surface area contributed by atoms with E-state index in [1.54, 1.807) is 31.2 Å². The first-order valence-electron chi connectivity index (χ1n) is 7.81. The highest BCUT2D eigenvalue weighted by Crippen LogP contribution is 2.22. The highest BCUT2D eigenvalue weighted by atomic mass is 16.3. The molecule has 0 fully saturated rings. The number of amides is 1. The van der Waals surface area contributed by atoms with Gasteiger partial charge in [0.2, 0.25) is 0 Å². The molecule has 2 aromatic carbocycles. The van der Waals surface area contributed by atoms with Crippen molar-refractivity contribution in [1.82, 2.24) is 15.6 Å². The number of rotatable bonds is 4. The van der Waals surface area contributed by atoms with E-state index in [0.29, 0.717) is 17.0 Å². The molecule has 6 nitrogen and oxygen atoms in total. The normalized spacial score (nSPS) is 11.4. The largest absolute Gasteiger partial charge is 0.507 e. The Hall–Kier alpha value is -3.41. The second-order valence-corrected chi connectivity index (χ2v) is 5.59.